The van der Waals surface area contributed by atoms with Gasteiger partial charge in [0.2, 0.25) is 0 Å². The normalized spacial score (nSPS) is 37.1. The molecule has 2 heterocycles. The summed E-state index contributed by atoms with van der Waals surface area (Å²) in [5.41, 5.74) is 0. The predicted octanol–water partition coefficient (Wildman–Crippen LogP) is 2.35. The van der Waals surface area contributed by atoms with E-state index in [0.717, 1.165) is 50.2 Å². The van der Waals surface area contributed by atoms with E-state index in [1.165, 1.54) is 25.7 Å². The van der Waals surface area contributed by atoms with Crippen molar-refractivity contribution in [2.24, 2.45) is 22.7 Å². The lowest BCUT2D eigenvalue weighted by Gasteiger charge is -2.33. The van der Waals surface area contributed by atoms with Crippen LogP contribution in [-0.4, -0.2) is 57.7 Å². The Morgan fingerprint density at radius 3 is 2.63 bits per heavy atom. The molecular weight excluding hydrogens is 362 g/mol. The largest absolute Gasteiger partial charge is 0.376 e. The van der Waals surface area contributed by atoms with Crippen LogP contribution in [0.25, 0.3) is 0 Å². The molecule has 3 rings (SSSR count). The van der Waals surface area contributed by atoms with E-state index >= 15 is 0 Å². The summed E-state index contributed by atoms with van der Waals surface area (Å²) in [6, 6.07) is 0.446. The fourth-order valence-electron chi connectivity index (χ4n) is 4.44. The lowest BCUT2D eigenvalue weighted by molar-refractivity contribution is 0.0194. The highest BCUT2D eigenvalue weighted by molar-refractivity contribution is 7.91. The van der Waals surface area contributed by atoms with Crippen molar-refractivity contribution in [2.75, 3.05) is 31.2 Å². The number of rotatable bonds is 5. The average Bonchev–Trinajstić information content (AvgIpc) is 3.00. The second-order valence-corrected chi connectivity index (χ2v) is 11.2. The van der Waals surface area contributed by atoms with E-state index in [-0.39, 0.29) is 17.8 Å². The van der Waals surface area contributed by atoms with Gasteiger partial charge in [0.25, 0.3) is 0 Å². The van der Waals surface area contributed by atoms with Gasteiger partial charge in [0.1, 0.15) is 0 Å². The number of aliphatic imine (C=N–C) groups is 1. The maximum atomic E-state index is 11.7. The van der Waals surface area contributed by atoms with E-state index in [9.17, 15) is 8.42 Å². The van der Waals surface area contributed by atoms with Crippen LogP contribution in [0.4, 0.5) is 0 Å². The predicted molar refractivity (Wildman–Crippen MR) is 110 cm³/mol. The first-order valence-corrected chi connectivity index (χ1v) is 12.6. The minimum Gasteiger partial charge on any atom is -0.376 e. The smallest absolute Gasteiger partial charge is 0.191 e. The van der Waals surface area contributed by atoms with Crippen molar-refractivity contribution in [3.05, 3.63) is 0 Å². The van der Waals surface area contributed by atoms with E-state index in [2.05, 4.69) is 24.5 Å². The molecule has 1 aliphatic carbocycles. The SMILES string of the molecule is CC1CCC(NC(=NCC2CCS(=O)(=O)C2)NCC2CCCCO2)CC1C. The van der Waals surface area contributed by atoms with Crippen LogP contribution in [0.2, 0.25) is 0 Å². The second-order valence-electron chi connectivity index (χ2n) is 8.94. The van der Waals surface area contributed by atoms with Gasteiger partial charge in [-0.05, 0) is 62.7 Å². The van der Waals surface area contributed by atoms with Crippen LogP contribution in [0, 0.1) is 17.8 Å². The molecule has 0 amide bonds. The van der Waals surface area contributed by atoms with Crippen LogP contribution in [0.5, 0.6) is 0 Å². The summed E-state index contributed by atoms with van der Waals surface area (Å²) in [5.74, 6) is 3.10. The minimum atomic E-state index is -2.84. The number of nitrogens with zero attached hydrogens (tertiary/aromatic N) is 1. The number of sulfone groups is 1. The monoisotopic (exact) mass is 399 g/mol. The first-order chi connectivity index (χ1) is 12.9. The van der Waals surface area contributed by atoms with Gasteiger partial charge in [-0.15, -0.1) is 0 Å². The third-order valence-corrected chi connectivity index (χ3v) is 8.38. The van der Waals surface area contributed by atoms with Gasteiger partial charge in [-0.3, -0.25) is 4.99 Å². The van der Waals surface area contributed by atoms with E-state index in [4.69, 9.17) is 9.73 Å². The lowest BCUT2D eigenvalue weighted by Crippen LogP contribution is -2.48. The first kappa shape index (κ1) is 20.9. The molecule has 6 nitrogen and oxygen atoms in total. The zero-order valence-electron chi connectivity index (χ0n) is 17.0. The summed E-state index contributed by atoms with van der Waals surface area (Å²) in [7, 11) is -2.84. The van der Waals surface area contributed by atoms with Gasteiger partial charge in [0.15, 0.2) is 15.8 Å². The molecule has 27 heavy (non-hydrogen) atoms. The van der Waals surface area contributed by atoms with Crippen molar-refractivity contribution in [2.45, 2.75) is 70.9 Å². The molecule has 5 atom stereocenters. The van der Waals surface area contributed by atoms with Crippen LogP contribution in [-0.2, 0) is 14.6 Å². The van der Waals surface area contributed by atoms with Gasteiger partial charge in [0.05, 0.1) is 17.6 Å². The lowest BCUT2D eigenvalue weighted by atomic mass is 9.79. The van der Waals surface area contributed by atoms with Crippen LogP contribution < -0.4 is 10.6 Å². The fraction of sp³-hybridized carbons (Fsp3) is 0.950. The molecule has 0 aromatic heterocycles. The Labute approximate surface area is 164 Å². The van der Waals surface area contributed by atoms with Crippen LogP contribution in [0.1, 0.15) is 58.8 Å². The summed E-state index contributed by atoms with van der Waals surface area (Å²) >= 11 is 0. The van der Waals surface area contributed by atoms with Crippen LogP contribution in [0.15, 0.2) is 4.99 Å². The zero-order valence-corrected chi connectivity index (χ0v) is 17.8. The first-order valence-electron chi connectivity index (χ1n) is 10.8. The van der Waals surface area contributed by atoms with Gasteiger partial charge >= 0.3 is 0 Å². The molecule has 0 aromatic rings. The molecule has 2 aliphatic heterocycles. The molecule has 5 unspecified atom stereocenters. The van der Waals surface area contributed by atoms with Crippen molar-refractivity contribution in [1.29, 1.82) is 0 Å². The van der Waals surface area contributed by atoms with Gasteiger partial charge in [-0.1, -0.05) is 13.8 Å². The molecule has 2 N–H and O–H groups in total. The van der Waals surface area contributed by atoms with Crippen molar-refractivity contribution in [1.82, 2.24) is 10.6 Å². The maximum absolute atomic E-state index is 11.7. The number of guanidine groups is 1. The van der Waals surface area contributed by atoms with E-state index in [1.807, 2.05) is 0 Å². The average molecular weight is 400 g/mol. The van der Waals surface area contributed by atoms with E-state index in [0.29, 0.717) is 18.3 Å². The molecular formula is C20H37N3O3S. The zero-order chi connectivity index (χ0) is 19.3. The molecule has 3 fully saturated rings. The van der Waals surface area contributed by atoms with Crippen LogP contribution >= 0.6 is 0 Å². The van der Waals surface area contributed by atoms with E-state index < -0.39 is 9.84 Å². The summed E-state index contributed by atoms with van der Waals surface area (Å²) in [6.45, 7) is 6.88. The molecule has 0 aromatic carbocycles. The van der Waals surface area contributed by atoms with E-state index in [1.54, 1.807) is 0 Å². The maximum Gasteiger partial charge on any atom is 0.191 e. The molecule has 3 aliphatic rings. The van der Waals surface area contributed by atoms with Crippen molar-refractivity contribution >= 4 is 15.8 Å². The third-order valence-electron chi connectivity index (χ3n) is 6.54. The molecule has 0 radical (unpaired) electrons. The quantitative estimate of drug-likeness (QED) is 0.548. The highest BCUT2D eigenvalue weighted by atomic mass is 32.2. The Balaban J connectivity index is 1.56. The molecule has 0 bridgehead atoms. The summed E-state index contributed by atoms with van der Waals surface area (Å²) in [4.78, 5) is 4.77. The Bertz CT molecular complexity index is 602. The molecule has 7 heteroatoms. The highest BCUT2D eigenvalue weighted by Gasteiger charge is 2.28. The van der Waals surface area contributed by atoms with Gasteiger partial charge < -0.3 is 15.4 Å². The third kappa shape index (κ3) is 6.63. The highest BCUT2D eigenvalue weighted by Crippen LogP contribution is 2.29. The Kier molecular flexibility index (Phi) is 7.42. The molecule has 1 saturated carbocycles. The number of ether oxygens (including phenoxy) is 1. The van der Waals surface area contributed by atoms with Gasteiger partial charge in [-0.2, -0.15) is 0 Å². The Morgan fingerprint density at radius 1 is 1.11 bits per heavy atom. The Morgan fingerprint density at radius 2 is 1.96 bits per heavy atom. The van der Waals surface area contributed by atoms with Crippen molar-refractivity contribution in [3.8, 4) is 0 Å². The van der Waals surface area contributed by atoms with Crippen LogP contribution in [0.3, 0.4) is 0 Å². The second kappa shape index (κ2) is 9.59. The number of hydrogen-bond donors (Lipinski definition) is 2. The van der Waals surface area contributed by atoms with Gasteiger partial charge in [-0.25, -0.2) is 8.42 Å². The standard InChI is InChI=1S/C20H37N3O3S/c1-15-6-7-18(11-16(15)2)23-20(22-13-19-5-3-4-9-26-19)21-12-17-8-10-27(24,25)14-17/h15-19H,3-14H2,1-2H3,(H2,21,22,23). The topological polar surface area (TPSA) is 79.8 Å². The summed E-state index contributed by atoms with van der Waals surface area (Å²) in [5, 5.41) is 7.10. The fourth-order valence-corrected chi connectivity index (χ4v) is 6.29. The molecule has 0 spiro atoms. The molecule has 2 saturated heterocycles. The minimum absolute atomic E-state index is 0.157. The summed E-state index contributed by atoms with van der Waals surface area (Å²) in [6.07, 6.45) is 8.06. The van der Waals surface area contributed by atoms with Crippen molar-refractivity contribution < 1.29 is 13.2 Å². The summed E-state index contributed by atoms with van der Waals surface area (Å²) < 4.78 is 29.2. The van der Waals surface area contributed by atoms with Crippen molar-refractivity contribution in [3.63, 3.8) is 0 Å². The van der Waals surface area contributed by atoms with Gasteiger partial charge in [0, 0.05) is 25.7 Å². The number of nitrogens with one attached hydrogen (secondary N) is 2. The number of hydrogen-bond acceptors (Lipinski definition) is 4. The molecule has 156 valence electrons. The Hall–Kier alpha value is -0.820.